The number of benzene rings is 2. The first-order chi connectivity index (χ1) is 16.0. The lowest BCUT2D eigenvalue weighted by atomic mass is 10.1. The predicted octanol–water partition coefficient (Wildman–Crippen LogP) is 5.10. The third-order valence-corrected chi connectivity index (χ3v) is 4.56. The number of halogens is 2. The van der Waals surface area contributed by atoms with E-state index in [1.165, 1.54) is 10.6 Å². The summed E-state index contributed by atoms with van der Waals surface area (Å²) >= 11 is 0. The Labute approximate surface area is 193 Å². The van der Waals surface area contributed by atoms with Gasteiger partial charge >= 0.3 is 6.09 Å². The van der Waals surface area contributed by atoms with Crippen LogP contribution in [0.1, 0.15) is 26.6 Å². The fourth-order valence-corrected chi connectivity index (χ4v) is 3.13. The molecule has 0 aliphatic heterocycles. The third kappa shape index (κ3) is 4.87. The van der Waals surface area contributed by atoms with Gasteiger partial charge in [0.1, 0.15) is 17.2 Å². The maximum absolute atomic E-state index is 14.2. The summed E-state index contributed by atoms with van der Waals surface area (Å²) in [5.74, 6) is -1.11. The maximum Gasteiger partial charge on any atom is 0.412 e. The highest BCUT2D eigenvalue weighted by molar-refractivity contribution is 5.91. The van der Waals surface area contributed by atoms with Crippen LogP contribution in [0.2, 0.25) is 0 Å². The van der Waals surface area contributed by atoms with E-state index in [2.05, 4.69) is 20.6 Å². The van der Waals surface area contributed by atoms with Gasteiger partial charge in [-0.3, -0.25) is 5.32 Å². The molecule has 2 aromatic heterocycles. The van der Waals surface area contributed by atoms with Crippen molar-refractivity contribution in [1.82, 2.24) is 19.8 Å². The Morgan fingerprint density at radius 3 is 2.50 bits per heavy atom. The monoisotopic (exact) mass is 468 g/mol. The summed E-state index contributed by atoms with van der Waals surface area (Å²) in [4.78, 5) is 12.4. The van der Waals surface area contributed by atoms with Crippen molar-refractivity contribution in [2.75, 3.05) is 11.1 Å². The first kappa shape index (κ1) is 22.9. The van der Waals surface area contributed by atoms with Crippen LogP contribution in [0.3, 0.4) is 0 Å². The molecule has 176 valence electrons. The van der Waals surface area contributed by atoms with Crippen molar-refractivity contribution in [2.24, 2.45) is 0 Å². The van der Waals surface area contributed by atoms with Crippen LogP contribution in [0.15, 0.2) is 42.5 Å². The molecule has 11 heteroatoms. The van der Waals surface area contributed by atoms with Crippen LogP contribution in [0, 0.1) is 18.6 Å². The summed E-state index contributed by atoms with van der Waals surface area (Å²) in [7, 11) is 0. The Morgan fingerprint density at radius 2 is 1.79 bits per heavy atom. The van der Waals surface area contributed by atoms with Gasteiger partial charge in [-0.2, -0.15) is 9.61 Å². The lowest BCUT2D eigenvalue weighted by Gasteiger charge is -2.20. The van der Waals surface area contributed by atoms with Crippen molar-refractivity contribution < 1.29 is 23.0 Å². The number of carbonyl (C=O) groups is 1. The first-order valence-corrected chi connectivity index (χ1v) is 10.3. The van der Waals surface area contributed by atoms with Gasteiger partial charge in [0, 0.05) is 17.3 Å². The van der Waals surface area contributed by atoms with Gasteiger partial charge < -0.3 is 15.2 Å². The SMILES string of the molecule is Cc1nnc2c(NC(=O)OC(C)(C)C)cc(-c3cc(N)ccc3Oc3ccc(F)cc3F)nn12. The number of ether oxygens (including phenoxy) is 2. The standard InChI is InChI=1S/C23H22F2N6O3/c1-12-28-29-21-18(27-22(32)34-23(2,3)4)11-17(30-31(12)21)15-10-14(26)6-8-19(15)33-20-7-5-13(24)9-16(20)25/h5-11H,26H2,1-4H3,(H,27,32). The van der Waals surface area contributed by atoms with E-state index in [1.807, 2.05) is 0 Å². The molecule has 2 heterocycles. The second-order valence-corrected chi connectivity index (χ2v) is 8.49. The molecule has 0 atom stereocenters. The molecule has 34 heavy (non-hydrogen) atoms. The summed E-state index contributed by atoms with van der Waals surface area (Å²) in [6.07, 6.45) is -0.690. The van der Waals surface area contributed by atoms with Crippen molar-refractivity contribution in [2.45, 2.75) is 33.3 Å². The zero-order valence-electron chi connectivity index (χ0n) is 18.9. The number of nitrogen functional groups attached to an aromatic ring is 1. The number of aryl methyl sites for hydroxylation is 1. The van der Waals surface area contributed by atoms with Crippen molar-refractivity contribution in [3.63, 3.8) is 0 Å². The minimum absolute atomic E-state index is 0.180. The van der Waals surface area contributed by atoms with E-state index in [1.54, 1.807) is 52.0 Å². The zero-order chi connectivity index (χ0) is 24.6. The largest absolute Gasteiger partial charge is 0.454 e. The molecule has 0 aliphatic carbocycles. The average Bonchev–Trinajstić information content (AvgIpc) is 3.11. The molecule has 2 aromatic carbocycles. The summed E-state index contributed by atoms with van der Waals surface area (Å²) in [6, 6.07) is 9.24. The van der Waals surface area contributed by atoms with Crippen molar-refractivity contribution >= 4 is 23.1 Å². The maximum atomic E-state index is 14.2. The van der Waals surface area contributed by atoms with Crippen LogP contribution >= 0.6 is 0 Å². The molecule has 4 aromatic rings. The smallest absolute Gasteiger partial charge is 0.412 e. The lowest BCUT2D eigenvalue weighted by Crippen LogP contribution is -2.27. The molecule has 0 saturated carbocycles. The van der Waals surface area contributed by atoms with Crippen LogP contribution in [0.4, 0.5) is 25.0 Å². The van der Waals surface area contributed by atoms with Crippen molar-refractivity contribution in [3.05, 3.63) is 59.9 Å². The van der Waals surface area contributed by atoms with Crippen LogP contribution in [-0.2, 0) is 4.74 Å². The highest BCUT2D eigenvalue weighted by Crippen LogP contribution is 2.36. The number of aromatic nitrogens is 4. The van der Waals surface area contributed by atoms with Gasteiger partial charge in [-0.05, 0) is 64.1 Å². The lowest BCUT2D eigenvalue weighted by molar-refractivity contribution is 0.0636. The van der Waals surface area contributed by atoms with Gasteiger partial charge in [-0.1, -0.05) is 0 Å². The first-order valence-electron chi connectivity index (χ1n) is 10.3. The Kier molecular flexibility index (Phi) is 5.78. The van der Waals surface area contributed by atoms with Crippen LogP contribution in [-0.4, -0.2) is 31.5 Å². The third-order valence-electron chi connectivity index (χ3n) is 4.56. The number of hydrogen-bond acceptors (Lipinski definition) is 7. The summed E-state index contributed by atoms with van der Waals surface area (Å²) in [6.45, 7) is 6.92. The zero-order valence-corrected chi connectivity index (χ0v) is 18.9. The second-order valence-electron chi connectivity index (χ2n) is 8.49. The van der Waals surface area contributed by atoms with Gasteiger partial charge in [-0.15, -0.1) is 10.2 Å². The van der Waals surface area contributed by atoms with E-state index in [0.717, 1.165) is 12.1 Å². The molecule has 0 spiro atoms. The number of fused-ring (bicyclic) bond motifs is 1. The fraction of sp³-hybridized carbons (Fsp3) is 0.217. The molecule has 9 nitrogen and oxygen atoms in total. The molecule has 0 fully saturated rings. The molecule has 0 saturated heterocycles. The molecule has 0 unspecified atom stereocenters. The van der Waals surface area contributed by atoms with Crippen molar-refractivity contribution in [1.29, 1.82) is 0 Å². The van der Waals surface area contributed by atoms with E-state index in [0.29, 0.717) is 28.4 Å². The molecule has 0 radical (unpaired) electrons. The van der Waals surface area contributed by atoms with Gasteiger partial charge in [-0.25, -0.2) is 13.6 Å². The normalized spacial score (nSPS) is 11.5. The highest BCUT2D eigenvalue weighted by atomic mass is 19.1. The molecular formula is C23H22F2N6O3. The van der Waals surface area contributed by atoms with E-state index in [4.69, 9.17) is 15.2 Å². The molecular weight excluding hydrogens is 446 g/mol. The number of nitrogens with zero attached hydrogens (tertiary/aromatic N) is 4. The van der Waals surface area contributed by atoms with Crippen LogP contribution in [0.5, 0.6) is 11.5 Å². The Balaban J connectivity index is 1.81. The van der Waals surface area contributed by atoms with Crippen molar-refractivity contribution in [3.8, 4) is 22.8 Å². The summed E-state index contributed by atoms with van der Waals surface area (Å²) in [5, 5.41) is 15.3. The molecule has 0 bridgehead atoms. The summed E-state index contributed by atoms with van der Waals surface area (Å²) < 4.78 is 40.0. The Morgan fingerprint density at radius 1 is 1.06 bits per heavy atom. The van der Waals surface area contributed by atoms with E-state index in [-0.39, 0.29) is 17.2 Å². The number of anilines is 2. The molecule has 4 rings (SSSR count). The Bertz CT molecular complexity index is 1400. The van der Waals surface area contributed by atoms with E-state index >= 15 is 0 Å². The second kappa shape index (κ2) is 8.58. The van der Waals surface area contributed by atoms with E-state index in [9.17, 15) is 13.6 Å². The van der Waals surface area contributed by atoms with Gasteiger partial charge in [0.05, 0.1) is 11.4 Å². The number of carbonyl (C=O) groups excluding carboxylic acids is 1. The Hall–Kier alpha value is -4.28. The fourth-order valence-electron chi connectivity index (χ4n) is 3.13. The van der Waals surface area contributed by atoms with Crippen LogP contribution < -0.4 is 15.8 Å². The number of rotatable bonds is 4. The topological polar surface area (TPSA) is 117 Å². The quantitative estimate of drug-likeness (QED) is 0.400. The highest BCUT2D eigenvalue weighted by Gasteiger charge is 2.21. The van der Waals surface area contributed by atoms with Gasteiger partial charge in [0.2, 0.25) is 5.65 Å². The van der Waals surface area contributed by atoms with Gasteiger partial charge in [0.25, 0.3) is 0 Å². The number of nitrogens with one attached hydrogen (secondary N) is 1. The average molecular weight is 468 g/mol. The number of hydrogen-bond donors (Lipinski definition) is 2. The summed E-state index contributed by atoms with van der Waals surface area (Å²) in [5.41, 5.74) is 6.96. The van der Waals surface area contributed by atoms with E-state index < -0.39 is 23.3 Å². The molecule has 1 amide bonds. The predicted molar refractivity (Wildman–Crippen MR) is 122 cm³/mol. The number of amides is 1. The number of nitrogens with two attached hydrogens (primary N) is 1. The minimum atomic E-state index is -0.867. The molecule has 0 aliphatic rings. The van der Waals surface area contributed by atoms with Crippen LogP contribution in [0.25, 0.3) is 16.9 Å². The van der Waals surface area contributed by atoms with Gasteiger partial charge in [0.15, 0.2) is 17.4 Å². The minimum Gasteiger partial charge on any atom is -0.454 e. The molecule has 3 N–H and O–H groups in total.